The van der Waals surface area contributed by atoms with E-state index in [9.17, 15) is 8.42 Å². The Balaban J connectivity index is 0.00000338. The predicted molar refractivity (Wildman–Crippen MR) is 107 cm³/mol. The summed E-state index contributed by atoms with van der Waals surface area (Å²) >= 11 is 0. The van der Waals surface area contributed by atoms with Crippen molar-refractivity contribution in [2.24, 2.45) is 0 Å². The number of aromatic amines is 1. The van der Waals surface area contributed by atoms with Gasteiger partial charge in [0.25, 0.3) is 10.1 Å². The van der Waals surface area contributed by atoms with Crippen LogP contribution in [0.15, 0.2) is 23.1 Å². The summed E-state index contributed by atoms with van der Waals surface area (Å²) in [5, 5.41) is 0. The third-order valence-electron chi connectivity index (χ3n) is 4.57. The average Bonchev–Trinajstić information content (AvgIpc) is 2.97. The summed E-state index contributed by atoms with van der Waals surface area (Å²) in [7, 11) is -4.18. The van der Waals surface area contributed by atoms with Crippen molar-refractivity contribution in [2.75, 3.05) is 0 Å². The average molecular weight is 390 g/mol. The van der Waals surface area contributed by atoms with Gasteiger partial charge in [0.05, 0.1) is 15.9 Å². The number of aryl methyl sites for hydroxylation is 1. The van der Waals surface area contributed by atoms with Gasteiger partial charge in [-0.05, 0) is 24.6 Å². The van der Waals surface area contributed by atoms with Gasteiger partial charge in [-0.25, -0.2) is 4.98 Å². The molecule has 0 atom stereocenters. The molecule has 0 unspecified atom stereocenters. The number of hydrogen-bond acceptors (Lipinski definition) is 3. The van der Waals surface area contributed by atoms with E-state index in [2.05, 4.69) is 16.9 Å². The van der Waals surface area contributed by atoms with E-state index >= 15 is 0 Å². The first-order chi connectivity index (χ1) is 12.0. The third kappa shape index (κ3) is 8.09. The summed E-state index contributed by atoms with van der Waals surface area (Å²) in [5.74, 6) is 0.877. The summed E-state index contributed by atoms with van der Waals surface area (Å²) in [6.07, 6.45) is 13.8. The predicted octanol–water partition coefficient (Wildman–Crippen LogP) is 4.89. The van der Waals surface area contributed by atoms with Crippen molar-refractivity contribution in [3.63, 3.8) is 0 Å². The van der Waals surface area contributed by atoms with Crippen LogP contribution in [0, 0.1) is 0 Å². The number of hydrogen-bond donors (Lipinski definition) is 2. The first-order valence-corrected chi connectivity index (χ1v) is 10.9. The van der Waals surface area contributed by atoms with Crippen molar-refractivity contribution in [3.05, 3.63) is 24.0 Å². The van der Waals surface area contributed by atoms with E-state index < -0.39 is 10.1 Å². The number of imidazole rings is 1. The van der Waals surface area contributed by atoms with Gasteiger partial charge < -0.3 is 4.98 Å². The van der Waals surface area contributed by atoms with Crippen LogP contribution in [0.25, 0.3) is 11.0 Å². The standard InChI is InChI=1S/C19H30N2O3S.Na/c1-2-3-4-5-6-7-8-9-10-11-12-19-20-17-14-13-16(25(22,23)24)15-18(17)21-19;/h13-15H,2-12H2,1H3,(H,20,21)(H,22,23,24);. The first kappa shape index (κ1) is 23.6. The summed E-state index contributed by atoms with van der Waals surface area (Å²) in [5.41, 5.74) is 1.38. The van der Waals surface area contributed by atoms with Crippen LogP contribution < -0.4 is 0 Å². The van der Waals surface area contributed by atoms with Crippen molar-refractivity contribution in [1.82, 2.24) is 9.97 Å². The van der Waals surface area contributed by atoms with Gasteiger partial charge in [-0.1, -0.05) is 64.7 Å². The van der Waals surface area contributed by atoms with Crippen molar-refractivity contribution >= 4 is 50.7 Å². The number of H-pyrrole nitrogens is 1. The van der Waals surface area contributed by atoms with E-state index in [0.29, 0.717) is 5.52 Å². The van der Waals surface area contributed by atoms with Gasteiger partial charge in [-0.15, -0.1) is 0 Å². The quantitative estimate of drug-likeness (QED) is 0.307. The van der Waals surface area contributed by atoms with Crippen LogP contribution in [0.5, 0.6) is 0 Å². The molecule has 141 valence electrons. The molecule has 0 saturated carbocycles. The molecule has 2 rings (SSSR count). The second-order valence-electron chi connectivity index (χ2n) is 6.77. The fourth-order valence-corrected chi connectivity index (χ4v) is 3.60. The molecule has 26 heavy (non-hydrogen) atoms. The molecular formula is C19H30N2NaO3S. The molecule has 0 spiro atoms. The molecule has 5 nitrogen and oxygen atoms in total. The Hall–Kier alpha value is -0.400. The Labute approximate surface area is 179 Å². The van der Waals surface area contributed by atoms with Crippen molar-refractivity contribution in [1.29, 1.82) is 0 Å². The molecule has 1 radical (unpaired) electrons. The zero-order valence-corrected chi connectivity index (χ0v) is 18.9. The van der Waals surface area contributed by atoms with Crippen LogP contribution in [-0.2, 0) is 16.5 Å². The monoisotopic (exact) mass is 389 g/mol. The molecule has 2 aromatic rings. The van der Waals surface area contributed by atoms with Crippen LogP contribution in [0.1, 0.15) is 77.0 Å². The van der Waals surface area contributed by atoms with Gasteiger partial charge in [0.1, 0.15) is 5.82 Å². The van der Waals surface area contributed by atoms with Crippen LogP contribution in [0.3, 0.4) is 0 Å². The van der Waals surface area contributed by atoms with Gasteiger partial charge in [-0.2, -0.15) is 8.42 Å². The molecule has 2 N–H and O–H groups in total. The molecule has 7 heteroatoms. The molecule has 1 aromatic heterocycles. The smallest absolute Gasteiger partial charge is 0.294 e. The summed E-state index contributed by atoms with van der Waals surface area (Å²) in [4.78, 5) is 7.54. The van der Waals surface area contributed by atoms with Crippen LogP contribution in [-0.4, -0.2) is 52.5 Å². The fourth-order valence-electron chi connectivity index (χ4n) is 3.10. The molecule has 0 aliphatic rings. The SMILES string of the molecule is CCCCCCCCCCCCc1nc2cc(S(=O)(=O)O)ccc2[nH]1.[Na]. The Kier molecular flexibility index (Phi) is 11.0. The van der Waals surface area contributed by atoms with Crippen molar-refractivity contribution in [3.8, 4) is 0 Å². The Morgan fingerprint density at radius 3 is 2.12 bits per heavy atom. The van der Waals surface area contributed by atoms with Gasteiger partial charge in [0, 0.05) is 36.0 Å². The van der Waals surface area contributed by atoms with E-state index in [1.54, 1.807) is 6.07 Å². The Morgan fingerprint density at radius 1 is 0.962 bits per heavy atom. The third-order valence-corrected chi connectivity index (χ3v) is 5.42. The zero-order chi connectivity index (χ0) is 18.1. The molecule has 1 aromatic carbocycles. The molecule has 0 aliphatic carbocycles. The summed E-state index contributed by atoms with van der Waals surface area (Å²) in [6.45, 7) is 2.25. The topological polar surface area (TPSA) is 83.1 Å². The molecule has 0 bridgehead atoms. The van der Waals surface area contributed by atoms with Gasteiger partial charge in [0.15, 0.2) is 0 Å². The van der Waals surface area contributed by atoms with Crippen LogP contribution >= 0.6 is 0 Å². The number of rotatable bonds is 12. The number of fused-ring (bicyclic) bond motifs is 1. The first-order valence-electron chi connectivity index (χ1n) is 9.47. The Bertz CT molecular complexity index is 759. The number of nitrogens with one attached hydrogen (secondary N) is 1. The molecular weight excluding hydrogens is 359 g/mol. The van der Waals surface area contributed by atoms with Gasteiger partial charge >= 0.3 is 0 Å². The van der Waals surface area contributed by atoms with E-state index in [0.717, 1.165) is 24.2 Å². The maximum absolute atomic E-state index is 11.2. The Morgan fingerprint density at radius 2 is 1.54 bits per heavy atom. The second-order valence-corrected chi connectivity index (χ2v) is 8.19. The largest absolute Gasteiger partial charge is 0.342 e. The van der Waals surface area contributed by atoms with E-state index in [4.69, 9.17) is 4.55 Å². The minimum Gasteiger partial charge on any atom is -0.342 e. The molecule has 0 aliphatic heterocycles. The van der Waals surface area contributed by atoms with E-state index in [-0.39, 0.29) is 34.5 Å². The number of nitrogens with zero attached hydrogens (tertiary/aromatic N) is 1. The summed E-state index contributed by atoms with van der Waals surface area (Å²) in [6, 6.07) is 4.44. The number of benzene rings is 1. The van der Waals surface area contributed by atoms with Crippen LogP contribution in [0.4, 0.5) is 0 Å². The van der Waals surface area contributed by atoms with Crippen molar-refractivity contribution < 1.29 is 13.0 Å². The summed E-state index contributed by atoms with van der Waals surface area (Å²) < 4.78 is 31.4. The zero-order valence-electron chi connectivity index (χ0n) is 16.1. The number of aromatic nitrogens is 2. The van der Waals surface area contributed by atoms with E-state index in [1.165, 1.54) is 69.9 Å². The van der Waals surface area contributed by atoms with Crippen LogP contribution in [0.2, 0.25) is 0 Å². The minimum absolute atomic E-state index is 0. The van der Waals surface area contributed by atoms with Gasteiger partial charge in [0.2, 0.25) is 0 Å². The number of unbranched alkanes of at least 4 members (excludes halogenated alkanes) is 9. The van der Waals surface area contributed by atoms with Crippen molar-refractivity contribution in [2.45, 2.75) is 82.4 Å². The second kappa shape index (κ2) is 12.1. The van der Waals surface area contributed by atoms with Gasteiger partial charge in [-0.3, -0.25) is 4.55 Å². The molecule has 0 saturated heterocycles. The van der Waals surface area contributed by atoms with E-state index in [1.807, 2.05) is 0 Å². The maximum Gasteiger partial charge on any atom is 0.294 e. The molecule has 0 amide bonds. The molecule has 1 heterocycles. The molecule has 0 fully saturated rings. The maximum atomic E-state index is 11.2. The minimum atomic E-state index is -4.18. The normalized spacial score (nSPS) is 11.6. The fraction of sp³-hybridized carbons (Fsp3) is 0.632.